The Bertz CT molecular complexity index is 1750. The topological polar surface area (TPSA) is 77.5 Å². The first-order valence-corrected chi connectivity index (χ1v) is 19.4. The first-order valence-electron chi connectivity index (χ1n) is 17.5. The van der Waals surface area contributed by atoms with E-state index < -0.39 is 43.9 Å². The minimum atomic E-state index is -3.26. The molecule has 0 aromatic heterocycles. The SMILES string of the molecule is CC(C)(C)[Si](O[C@@H]1[C@@H](OCc2ccccc2)[C@H](OCc2ccccc2)[C@@H](CO)N1C(=O)OCc1ccccc1)(c1ccccc1)c1ccccc1. The van der Waals surface area contributed by atoms with Crippen molar-refractivity contribution in [2.45, 2.75) is 70.1 Å². The molecule has 51 heavy (non-hydrogen) atoms. The Hall–Kier alpha value is -4.57. The Morgan fingerprint density at radius 1 is 0.608 bits per heavy atom. The molecule has 1 aliphatic rings. The van der Waals surface area contributed by atoms with Gasteiger partial charge in [0.05, 0.1) is 25.9 Å². The number of aliphatic hydroxyl groups excluding tert-OH is 1. The standard InChI is InChI=1S/C43H47NO6Si/c1-43(2,3)51(36-25-15-7-16-26-36,37-27-17-8-18-28-37)50-41-40(48-31-34-21-11-5-12-22-34)39(47-30-33-19-9-4-10-20-33)38(29-45)44(41)42(46)49-32-35-23-13-6-14-24-35/h4-28,38-41,45H,29-32H2,1-3H3/t38-,39-,40+,41-/m1/s1. The zero-order valence-corrected chi connectivity index (χ0v) is 30.5. The van der Waals surface area contributed by atoms with E-state index in [0.29, 0.717) is 0 Å². The quantitative estimate of drug-likeness (QED) is 0.132. The van der Waals surface area contributed by atoms with E-state index in [2.05, 4.69) is 45.0 Å². The zero-order chi connectivity index (χ0) is 35.7. The lowest BCUT2D eigenvalue weighted by atomic mass is 10.1. The average molecular weight is 702 g/mol. The predicted octanol–water partition coefficient (Wildman–Crippen LogP) is 7.07. The summed E-state index contributed by atoms with van der Waals surface area (Å²) in [7, 11) is -3.26. The number of amides is 1. The molecule has 1 saturated heterocycles. The molecule has 0 aliphatic carbocycles. The predicted molar refractivity (Wildman–Crippen MR) is 202 cm³/mol. The Morgan fingerprint density at radius 3 is 1.41 bits per heavy atom. The maximum Gasteiger partial charge on any atom is 0.412 e. The molecule has 0 unspecified atom stereocenters. The number of carbonyl (C=O) groups excluding carboxylic acids is 1. The number of benzene rings is 5. The fourth-order valence-electron chi connectivity index (χ4n) is 7.02. The number of hydrogen-bond donors (Lipinski definition) is 1. The van der Waals surface area contributed by atoms with Gasteiger partial charge in [0, 0.05) is 0 Å². The lowest BCUT2D eigenvalue weighted by Crippen LogP contribution is -2.69. The molecule has 0 spiro atoms. The second-order valence-corrected chi connectivity index (χ2v) is 18.1. The number of ether oxygens (including phenoxy) is 3. The number of rotatable bonds is 13. The molecule has 0 radical (unpaired) electrons. The van der Waals surface area contributed by atoms with Gasteiger partial charge in [-0.05, 0) is 32.1 Å². The smallest absolute Gasteiger partial charge is 0.412 e. The fraction of sp³-hybridized carbons (Fsp3) is 0.279. The molecule has 1 heterocycles. The molecular formula is C43H47NO6Si. The molecule has 1 aliphatic heterocycles. The van der Waals surface area contributed by atoms with Crippen LogP contribution in [0.3, 0.4) is 0 Å². The number of aliphatic hydroxyl groups is 1. The molecule has 7 nitrogen and oxygen atoms in total. The van der Waals surface area contributed by atoms with E-state index in [1.165, 1.54) is 4.90 Å². The van der Waals surface area contributed by atoms with Gasteiger partial charge in [-0.25, -0.2) is 4.79 Å². The van der Waals surface area contributed by atoms with Crippen LogP contribution in [0.15, 0.2) is 152 Å². The third kappa shape index (κ3) is 8.17. The van der Waals surface area contributed by atoms with Crippen LogP contribution in [0.1, 0.15) is 37.5 Å². The van der Waals surface area contributed by atoms with Gasteiger partial charge in [0.1, 0.15) is 18.8 Å². The van der Waals surface area contributed by atoms with Gasteiger partial charge in [0.25, 0.3) is 8.32 Å². The number of likely N-dealkylation sites (tertiary alicyclic amines) is 1. The largest absolute Gasteiger partial charge is 0.444 e. The highest BCUT2D eigenvalue weighted by Crippen LogP contribution is 2.42. The molecule has 1 amide bonds. The summed E-state index contributed by atoms with van der Waals surface area (Å²) < 4.78 is 27.2. The van der Waals surface area contributed by atoms with Crippen LogP contribution in [0.25, 0.3) is 0 Å². The highest BCUT2D eigenvalue weighted by molar-refractivity contribution is 6.99. The van der Waals surface area contributed by atoms with Crippen LogP contribution in [-0.2, 0) is 38.5 Å². The van der Waals surface area contributed by atoms with Gasteiger partial charge in [0.15, 0.2) is 6.23 Å². The molecule has 4 atom stereocenters. The molecule has 1 N–H and O–H groups in total. The summed E-state index contributed by atoms with van der Waals surface area (Å²) in [5.74, 6) is 0. The summed E-state index contributed by atoms with van der Waals surface area (Å²) >= 11 is 0. The van der Waals surface area contributed by atoms with Crippen LogP contribution >= 0.6 is 0 Å². The van der Waals surface area contributed by atoms with Crippen molar-refractivity contribution in [1.82, 2.24) is 4.90 Å². The van der Waals surface area contributed by atoms with Crippen LogP contribution < -0.4 is 10.4 Å². The van der Waals surface area contributed by atoms with Crippen molar-refractivity contribution in [2.24, 2.45) is 0 Å². The van der Waals surface area contributed by atoms with Crippen molar-refractivity contribution in [3.05, 3.63) is 168 Å². The third-order valence-electron chi connectivity index (χ3n) is 9.50. The van der Waals surface area contributed by atoms with Gasteiger partial charge in [-0.15, -0.1) is 0 Å². The summed E-state index contributed by atoms with van der Waals surface area (Å²) in [6, 6.07) is 49.1. The normalized spacial score (nSPS) is 19.2. The van der Waals surface area contributed by atoms with E-state index in [-0.39, 0.29) is 26.4 Å². The van der Waals surface area contributed by atoms with Gasteiger partial charge in [0.2, 0.25) is 0 Å². The van der Waals surface area contributed by atoms with Gasteiger partial charge in [-0.3, -0.25) is 4.90 Å². The van der Waals surface area contributed by atoms with Crippen LogP contribution in [-0.4, -0.2) is 55.5 Å². The van der Waals surface area contributed by atoms with Crippen LogP contribution in [0.5, 0.6) is 0 Å². The summed E-state index contributed by atoms with van der Waals surface area (Å²) in [4.78, 5) is 16.0. The Labute approximate surface area is 302 Å². The van der Waals surface area contributed by atoms with E-state index in [4.69, 9.17) is 18.6 Å². The van der Waals surface area contributed by atoms with Crippen molar-refractivity contribution in [3.63, 3.8) is 0 Å². The molecule has 0 bridgehead atoms. The van der Waals surface area contributed by atoms with Crippen molar-refractivity contribution in [1.29, 1.82) is 0 Å². The first kappa shape index (κ1) is 36.2. The van der Waals surface area contributed by atoms with Crippen LogP contribution in [0.4, 0.5) is 4.79 Å². The lowest BCUT2D eigenvalue weighted by molar-refractivity contribution is -0.109. The van der Waals surface area contributed by atoms with Crippen molar-refractivity contribution < 1.29 is 28.5 Å². The molecule has 5 aromatic rings. The fourth-order valence-corrected chi connectivity index (χ4v) is 11.6. The van der Waals surface area contributed by atoms with E-state index in [1.54, 1.807) is 0 Å². The van der Waals surface area contributed by atoms with Gasteiger partial charge in [-0.2, -0.15) is 0 Å². The maximum absolute atomic E-state index is 14.5. The summed E-state index contributed by atoms with van der Waals surface area (Å²) in [5, 5.41) is 12.8. The second-order valence-electron chi connectivity index (χ2n) is 13.9. The zero-order valence-electron chi connectivity index (χ0n) is 29.5. The van der Waals surface area contributed by atoms with Gasteiger partial charge >= 0.3 is 6.09 Å². The van der Waals surface area contributed by atoms with Crippen LogP contribution in [0, 0.1) is 0 Å². The number of nitrogens with zero attached hydrogens (tertiary/aromatic N) is 1. The maximum atomic E-state index is 14.5. The van der Waals surface area contributed by atoms with E-state index in [9.17, 15) is 9.90 Å². The Morgan fingerprint density at radius 2 is 1.00 bits per heavy atom. The van der Waals surface area contributed by atoms with Gasteiger partial charge < -0.3 is 23.7 Å². The minimum Gasteiger partial charge on any atom is -0.444 e. The molecule has 5 aromatic carbocycles. The van der Waals surface area contributed by atoms with E-state index in [1.807, 2.05) is 127 Å². The highest BCUT2D eigenvalue weighted by atomic mass is 28.4. The molecule has 0 saturated carbocycles. The monoisotopic (exact) mass is 701 g/mol. The summed E-state index contributed by atoms with van der Waals surface area (Å²) in [6.45, 7) is 6.77. The minimum absolute atomic E-state index is 0.0608. The number of hydrogen-bond acceptors (Lipinski definition) is 6. The highest BCUT2D eigenvalue weighted by Gasteiger charge is 2.60. The lowest BCUT2D eigenvalue weighted by Gasteiger charge is -2.46. The van der Waals surface area contributed by atoms with E-state index >= 15 is 0 Å². The molecule has 8 heteroatoms. The molecule has 6 rings (SSSR count). The van der Waals surface area contributed by atoms with Crippen LogP contribution in [0.2, 0.25) is 5.04 Å². The number of carbonyl (C=O) groups is 1. The molecular weight excluding hydrogens is 655 g/mol. The third-order valence-corrected chi connectivity index (χ3v) is 14.5. The summed E-state index contributed by atoms with van der Waals surface area (Å²) in [6.07, 6.45) is -3.11. The molecule has 1 fully saturated rings. The first-order chi connectivity index (χ1) is 24.8. The molecule has 264 valence electrons. The van der Waals surface area contributed by atoms with E-state index in [0.717, 1.165) is 27.1 Å². The second kappa shape index (κ2) is 16.6. The van der Waals surface area contributed by atoms with Gasteiger partial charge in [-0.1, -0.05) is 172 Å². The van der Waals surface area contributed by atoms with Crippen molar-refractivity contribution >= 4 is 24.8 Å². The summed E-state index contributed by atoms with van der Waals surface area (Å²) in [5.41, 5.74) is 2.78. The van der Waals surface area contributed by atoms with Crippen molar-refractivity contribution in [2.75, 3.05) is 6.61 Å². The Kier molecular flexibility index (Phi) is 11.8. The Balaban J connectivity index is 1.48. The average Bonchev–Trinajstić information content (AvgIpc) is 3.47. The van der Waals surface area contributed by atoms with Crippen molar-refractivity contribution in [3.8, 4) is 0 Å².